The van der Waals surface area contributed by atoms with Crippen molar-refractivity contribution in [1.82, 2.24) is 10.2 Å². The van der Waals surface area contributed by atoms with E-state index < -0.39 is 0 Å². The van der Waals surface area contributed by atoms with Gasteiger partial charge in [0.1, 0.15) is 0 Å². The van der Waals surface area contributed by atoms with Gasteiger partial charge < -0.3 is 5.32 Å². The number of nitrogens with zero attached hydrogens (tertiary/aromatic N) is 1. The third-order valence-electron chi connectivity index (χ3n) is 4.95. The lowest BCUT2D eigenvalue weighted by atomic mass is 9.85. The van der Waals surface area contributed by atoms with Crippen molar-refractivity contribution in [3.05, 3.63) is 0 Å². The Labute approximate surface area is 127 Å². The van der Waals surface area contributed by atoms with Gasteiger partial charge in [0.15, 0.2) is 0 Å². The van der Waals surface area contributed by atoms with Gasteiger partial charge in [-0.3, -0.25) is 4.90 Å². The molecule has 2 atom stereocenters. The van der Waals surface area contributed by atoms with Gasteiger partial charge in [0.05, 0.1) is 0 Å². The van der Waals surface area contributed by atoms with Gasteiger partial charge in [-0.25, -0.2) is 0 Å². The third kappa shape index (κ3) is 6.13. The fraction of sp³-hybridized carbons (Fsp3) is 1.00. The lowest BCUT2D eigenvalue weighted by molar-refractivity contribution is 0.107. The number of rotatable bonds is 6. The molecule has 120 valence electrons. The summed E-state index contributed by atoms with van der Waals surface area (Å²) in [5.41, 5.74) is 0.615. The van der Waals surface area contributed by atoms with E-state index in [9.17, 15) is 0 Å². The molecule has 1 rings (SSSR count). The molecule has 0 spiro atoms. The van der Waals surface area contributed by atoms with Gasteiger partial charge in [0.25, 0.3) is 0 Å². The van der Waals surface area contributed by atoms with Gasteiger partial charge in [0, 0.05) is 24.7 Å². The summed E-state index contributed by atoms with van der Waals surface area (Å²) >= 11 is 0. The first-order chi connectivity index (χ1) is 9.29. The Morgan fingerprint density at radius 1 is 1.05 bits per heavy atom. The predicted octanol–water partition coefficient (Wildman–Crippen LogP) is 4.45. The minimum Gasteiger partial charge on any atom is -0.311 e. The van der Waals surface area contributed by atoms with Gasteiger partial charge in [-0.15, -0.1) is 0 Å². The number of nitrogens with one attached hydrogen (secondary N) is 1. The molecule has 0 saturated carbocycles. The second-order valence-corrected chi connectivity index (χ2v) is 8.15. The quantitative estimate of drug-likeness (QED) is 0.774. The fourth-order valence-corrected chi connectivity index (χ4v) is 3.17. The maximum atomic E-state index is 3.72. The molecule has 2 nitrogen and oxygen atoms in total. The number of likely N-dealkylation sites (tertiary alicyclic amines) is 1. The Balaban J connectivity index is 2.63. The maximum absolute atomic E-state index is 3.72. The highest BCUT2D eigenvalue weighted by atomic mass is 15.2. The molecule has 20 heavy (non-hydrogen) atoms. The molecule has 0 amide bonds. The molecular weight excluding hydrogens is 244 g/mol. The van der Waals surface area contributed by atoms with Crippen molar-refractivity contribution in [2.45, 2.75) is 91.6 Å². The first-order valence-corrected chi connectivity index (χ1v) is 8.79. The monoisotopic (exact) mass is 282 g/mol. The number of hydrogen-bond acceptors (Lipinski definition) is 2. The summed E-state index contributed by atoms with van der Waals surface area (Å²) in [5, 5.41) is 3.72. The van der Waals surface area contributed by atoms with E-state index in [1.165, 1.54) is 51.6 Å². The van der Waals surface area contributed by atoms with Crippen molar-refractivity contribution < 1.29 is 0 Å². The van der Waals surface area contributed by atoms with Gasteiger partial charge in [0.2, 0.25) is 0 Å². The van der Waals surface area contributed by atoms with Crippen LogP contribution < -0.4 is 5.32 Å². The zero-order valence-electron chi connectivity index (χ0n) is 14.9. The van der Waals surface area contributed by atoms with Crippen LogP contribution in [-0.4, -0.2) is 36.1 Å². The molecule has 2 heteroatoms. The molecule has 0 aromatic heterocycles. The molecule has 0 radical (unpaired) electrons. The summed E-state index contributed by atoms with van der Waals surface area (Å²) in [5.74, 6) is 0. The highest BCUT2D eigenvalue weighted by molar-refractivity contribution is 4.86. The average molecular weight is 283 g/mol. The third-order valence-corrected chi connectivity index (χ3v) is 4.95. The largest absolute Gasteiger partial charge is 0.311 e. The van der Waals surface area contributed by atoms with Gasteiger partial charge in [-0.1, -0.05) is 33.6 Å². The minimum absolute atomic E-state index is 0.222. The summed E-state index contributed by atoms with van der Waals surface area (Å²) in [6.07, 6.45) is 8.22. The van der Waals surface area contributed by atoms with Gasteiger partial charge in [-0.05, 0) is 58.4 Å². The second-order valence-electron chi connectivity index (χ2n) is 8.15. The van der Waals surface area contributed by atoms with Crippen LogP contribution >= 0.6 is 0 Å². The van der Waals surface area contributed by atoms with Crippen LogP contribution in [0, 0.1) is 5.41 Å². The van der Waals surface area contributed by atoms with Crippen LogP contribution in [0.3, 0.4) is 0 Å². The molecule has 0 aromatic rings. The molecule has 1 aliphatic heterocycles. The molecular formula is C18H38N2. The van der Waals surface area contributed by atoms with Crippen LogP contribution in [0.5, 0.6) is 0 Å². The summed E-state index contributed by atoms with van der Waals surface area (Å²) in [4.78, 5) is 2.79. The van der Waals surface area contributed by atoms with Crippen molar-refractivity contribution in [2.75, 3.05) is 19.6 Å². The molecule has 1 aliphatic rings. The Bertz CT molecular complexity index is 269. The van der Waals surface area contributed by atoms with Crippen LogP contribution in [0.15, 0.2) is 0 Å². The second kappa shape index (κ2) is 7.79. The van der Waals surface area contributed by atoms with E-state index in [-0.39, 0.29) is 5.54 Å². The standard InChI is InChI=1S/C18H38N2/c1-7-16-12-10-9-11-13-20(16)15-18(6,8-2)14-19-17(3,4)5/h16,19H,7-15H2,1-6H3. The molecule has 0 bridgehead atoms. The first kappa shape index (κ1) is 18.0. The van der Waals surface area contributed by atoms with Gasteiger partial charge >= 0.3 is 0 Å². The van der Waals surface area contributed by atoms with Crippen LogP contribution in [-0.2, 0) is 0 Å². The van der Waals surface area contributed by atoms with Crippen molar-refractivity contribution in [3.63, 3.8) is 0 Å². The summed E-state index contributed by atoms with van der Waals surface area (Å²) in [6, 6.07) is 0.818. The highest BCUT2D eigenvalue weighted by Gasteiger charge is 2.30. The minimum atomic E-state index is 0.222. The van der Waals surface area contributed by atoms with E-state index in [0.717, 1.165) is 12.6 Å². The lowest BCUT2D eigenvalue weighted by Crippen LogP contribution is -2.49. The molecule has 1 saturated heterocycles. The van der Waals surface area contributed by atoms with E-state index in [2.05, 4.69) is 51.8 Å². The predicted molar refractivity (Wildman–Crippen MR) is 90.3 cm³/mol. The van der Waals surface area contributed by atoms with E-state index in [0.29, 0.717) is 5.41 Å². The van der Waals surface area contributed by atoms with Gasteiger partial charge in [-0.2, -0.15) is 0 Å². The fourth-order valence-electron chi connectivity index (χ4n) is 3.17. The van der Waals surface area contributed by atoms with Crippen LogP contribution in [0.2, 0.25) is 0 Å². The van der Waals surface area contributed by atoms with Crippen molar-refractivity contribution >= 4 is 0 Å². The Kier molecular flexibility index (Phi) is 7.00. The van der Waals surface area contributed by atoms with E-state index >= 15 is 0 Å². The zero-order valence-corrected chi connectivity index (χ0v) is 14.9. The molecule has 1 N–H and O–H groups in total. The smallest absolute Gasteiger partial charge is 0.00967 e. The molecule has 0 aliphatic carbocycles. The van der Waals surface area contributed by atoms with Crippen molar-refractivity contribution in [2.24, 2.45) is 5.41 Å². The van der Waals surface area contributed by atoms with Crippen molar-refractivity contribution in [1.29, 1.82) is 0 Å². The summed E-state index contributed by atoms with van der Waals surface area (Å²) in [7, 11) is 0. The maximum Gasteiger partial charge on any atom is 0.00967 e. The van der Waals surface area contributed by atoms with E-state index in [1.54, 1.807) is 0 Å². The Hall–Kier alpha value is -0.0800. The van der Waals surface area contributed by atoms with Crippen molar-refractivity contribution in [3.8, 4) is 0 Å². The van der Waals surface area contributed by atoms with E-state index in [1.807, 2.05) is 0 Å². The lowest BCUT2D eigenvalue weighted by Gasteiger charge is -2.40. The Morgan fingerprint density at radius 3 is 2.30 bits per heavy atom. The van der Waals surface area contributed by atoms with Crippen LogP contribution in [0.4, 0.5) is 0 Å². The topological polar surface area (TPSA) is 15.3 Å². The van der Waals surface area contributed by atoms with Crippen LogP contribution in [0.25, 0.3) is 0 Å². The summed E-state index contributed by atoms with van der Waals surface area (Å²) < 4.78 is 0. The normalized spacial score (nSPS) is 25.2. The average Bonchev–Trinajstić information content (AvgIpc) is 2.60. The molecule has 0 aromatic carbocycles. The molecule has 2 unspecified atom stereocenters. The number of hydrogen-bond donors (Lipinski definition) is 1. The van der Waals surface area contributed by atoms with Crippen LogP contribution in [0.1, 0.15) is 80.1 Å². The Morgan fingerprint density at radius 2 is 1.75 bits per heavy atom. The first-order valence-electron chi connectivity index (χ1n) is 8.79. The molecule has 1 fully saturated rings. The highest BCUT2D eigenvalue weighted by Crippen LogP contribution is 2.27. The van der Waals surface area contributed by atoms with E-state index in [4.69, 9.17) is 0 Å². The zero-order chi connectivity index (χ0) is 15.2. The SMILES string of the molecule is CCC1CCCCCN1CC(C)(CC)CNC(C)(C)C. The molecule has 1 heterocycles. The summed E-state index contributed by atoms with van der Waals surface area (Å²) in [6.45, 7) is 17.7.